The van der Waals surface area contributed by atoms with Gasteiger partial charge in [0.2, 0.25) is 10.0 Å². The predicted molar refractivity (Wildman–Crippen MR) is 91.8 cm³/mol. The number of sulfonamides is 1. The van der Waals surface area contributed by atoms with Crippen molar-refractivity contribution in [1.82, 2.24) is 14.9 Å². The summed E-state index contributed by atoms with van der Waals surface area (Å²) in [4.78, 5) is 23.9. The minimum Gasteiger partial charge on any atom is -0.348 e. The van der Waals surface area contributed by atoms with Crippen molar-refractivity contribution in [2.45, 2.75) is 57.4 Å². The number of carbonyl (C=O) groups is 2. The molecule has 2 aliphatic rings. The number of amides is 2. The summed E-state index contributed by atoms with van der Waals surface area (Å²) in [5.74, 6) is -0.905. The highest BCUT2D eigenvalue weighted by Gasteiger charge is 2.26. The van der Waals surface area contributed by atoms with E-state index in [-0.39, 0.29) is 12.0 Å². The van der Waals surface area contributed by atoms with E-state index in [0.717, 1.165) is 25.7 Å². The quantitative estimate of drug-likeness (QED) is 0.568. The van der Waals surface area contributed by atoms with Crippen LogP contribution in [0.1, 0.15) is 51.4 Å². The Kier molecular flexibility index (Phi) is 7.03. The molecule has 0 aromatic heterocycles. The van der Waals surface area contributed by atoms with Crippen LogP contribution in [0.15, 0.2) is 0 Å². The number of nitrogens with one attached hydrogen (secondary N) is 2. The highest BCUT2D eigenvalue weighted by Crippen LogP contribution is 2.19. The van der Waals surface area contributed by atoms with Crippen molar-refractivity contribution in [2.24, 2.45) is 5.92 Å². The molecule has 2 fully saturated rings. The van der Waals surface area contributed by atoms with Crippen LogP contribution in [0, 0.1) is 5.92 Å². The molecule has 1 aliphatic carbocycles. The summed E-state index contributed by atoms with van der Waals surface area (Å²) in [5, 5.41) is 5.53. The molecule has 0 atom stereocenters. The Morgan fingerprint density at radius 1 is 0.958 bits per heavy atom. The molecule has 1 heterocycles. The lowest BCUT2D eigenvalue weighted by Gasteiger charge is -2.30. The van der Waals surface area contributed by atoms with E-state index >= 15 is 0 Å². The lowest BCUT2D eigenvalue weighted by atomic mass is 9.98. The van der Waals surface area contributed by atoms with Gasteiger partial charge < -0.3 is 10.6 Å². The molecule has 1 saturated heterocycles. The van der Waals surface area contributed by atoms with Gasteiger partial charge in [-0.3, -0.25) is 9.59 Å². The zero-order valence-electron chi connectivity index (χ0n) is 14.4. The summed E-state index contributed by atoms with van der Waals surface area (Å²) in [6, 6.07) is 0.115. The van der Waals surface area contributed by atoms with Gasteiger partial charge in [0.15, 0.2) is 0 Å². The first kappa shape index (κ1) is 19.2. The summed E-state index contributed by atoms with van der Waals surface area (Å²) in [5.41, 5.74) is 0. The predicted octanol–water partition coefficient (Wildman–Crippen LogP) is 0.613. The molecule has 2 amide bonds. The molecule has 2 N–H and O–H groups in total. The molecule has 24 heavy (non-hydrogen) atoms. The molecular formula is C16H29N3O4S. The summed E-state index contributed by atoms with van der Waals surface area (Å²) in [6.45, 7) is 1.38. The zero-order valence-corrected chi connectivity index (χ0v) is 15.2. The van der Waals surface area contributed by atoms with Gasteiger partial charge in [0, 0.05) is 25.7 Å². The van der Waals surface area contributed by atoms with Crippen LogP contribution < -0.4 is 10.6 Å². The molecule has 8 heteroatoms. The van der Waals surface area contributed by atoms with E-state index in [1.807, 2.05) is 0 Å². The summed E-state index contributed by atoms with van der Waals surface area (Å²) < 4.78 is 24.4. The number of piperidine rings is 1. The zero-order chi connectivity index (χ0) is 17.6. The van der Waals surface area contributed by atoms with Gasteiger partial charge in [-0.05, 0) is 31.6 Å². The van der Waals surface area contributed by atoms with E-state index in [1.54, 1.807) is 0 Å². The standard InChI is InChI=1S/C16H29N3O4S/c1-24(22,23)19-10-8-13(9-11-19)12-17-15(20)16(21)18-14-6-4-2-3-5-7-14/h13-14H,2-12H2,1H3,(H,17,20)(H,18,21). The number of hydrogen-bond donors (Lipinski definition) is 2. The van der Waals surface area contributed by atoms with Crippen LogP contribution in [-0.4, -0.2) is 56.5 Å². The Morgan fingerprint density at radius 3 is 2.08 bits per heavy atom. The summed E-state index contributed by atoms with van der Waals surface area (Å²) in [7, 11) is -3.13. The van der Waals surface area contributed by atoms with Crippen LogP contribution >= 0.6 is 0 Å². The first-order chi connectivity index (χ1) is 11.4. The van der Waals surface area contributed by atoms with E-state index in [2.05, 4.69) is 10.6 Å². The van der Waals surface area contributed by atoms with Gasteiger partial charge in [0.05, 0.1) is 6.26 Å². The van der Waals surface area contributed by atoms with Gasteiger partial charge in [0.1, 0.15) is 0 Å². The molecule has 0 aromatic rings. The maximum absolute atomic E-state index is 12.0. The SMILES string of the molecule is CS(=O)(=O)N1CCC(CNC(=O)C(=O)NC2CCCCCC2)CC1. The first-order valence-electron chi connectivity index (χ1n) is 8.90. The van der Waals surface area contributed by atoms with Crippen LogP contribution in [0.2, 0.25) is 0 Å². The number of rotatable bonds is 4. The lowest BCUT2D eigenvalue weighted by Crippen LogP contribution is -2.47. The fourth-order valence-electron chi connectivity index (χ4n) is 3.44. The highest BCUT2D eigenvalue weighted by molar-refractivity contribution is 7.88. The second kappa shape index (κ2) is 8.80. The van der Waals surface area contributed by atoms with Crippen molar-refractivity contribution in [3.05, 3.63) is 0 Å². The van der Waals surface area contributed by atoms with Crippen molar-refractivity contribution in [1.29, 1.82) is 0 Å². The van der Waals surface area contributed by atoms with Crippen LogP contribution in [0.25, 0.3) is 0 Å². The van der Waals surface area contributed by atoms with Crippen molar-refractivity contribution in [3.63, 3.8) is 0 Å². The van der Waals surface area contributed by atoms with E-state index in [9.17, 15) is 18.0 Å². The van der Waals surface area contributed by atoms with Crippen molar-refractivity contribution < 1.29 is 18.0 Å². The van der Waals surface area contributed by atoms with Crippen LogP contribution in [0.5, 0.6) is 0 Å². The molecule has 0 aromatic carbocycles. The molecule has 0 spiro atoms. The topological polar surface area (TPSA) is 95.6 Å². The van der Waals surface area contributed by atoms with E-state index < -0.39 is 21.8 Å². The average molecular weight is 359 g/mol. The lowest BCUT2D eigenvalue weighted by molar-refractivity contribution is -0.139. The molecule has 2 rings (SSSR count). The third kappa shape index (κ3) is 6.05. The Morgan fingerprint density at radius 2 is 1.54 bits per heavy atom. The fourth-order valence-corrected chi connectivity index (χ4v) is 4.31. The highest BCUT2D eigenvalue weighted by atomic mass is 32.2. The van der Waals surface area contributed by atoms with E-state index in [0.29, 0.717) is 32.5 Å². The molecule has 0 bridgehead atoms. The minimum atomic E-state index is -3.13. The summed E-state index contributed by atoms with van der Waals surface area (Å²) >= 11 is 0. The van der Waals surface area contributed by atoms with Gasteiger partial charge in [-0.15, -0.1) is 0 Å². The van der Waals surface area contributed by atoms with Crippen molar-refractivity contribution in [3.8, 4) is 0 Å². The van der Waals surface area contributed by atoms with Crippen LogP contribution in [-0.2, 0) is 19.6 Å². The average Bonchev–Trinajstić information content (AvgIpc) is 2.80. The van der Waals surface area contributed by atoms with Gasteiger partial charge in [0.25, 0.3) is 0 Å². The summed E-state index contributed by atoms with van der Waals surface area (Å²) in [6.07, 6.45) is 9.13. The second-order valence-corrected chi connectivity index (χ2v) is 8.96. The van der Waals surface area contributed by atoms with Crippen molar-refractivity contribution >= 4 is 21.8 Å². The Hall–Kier alpha value is -1.15. The second-order valence-electron chi connectivity index (χ2n) is 6.98. The Bertz CT molecular complexity index is 534. The largest absolute Gasteiger partial charge is 0.348 e. The van der Waals surface area contributed by atoms with Gasteiger partial charge in [-0.25, -0.2) is 12.7 Å². The molecule has 1 saturated carbocycles. The van der Waals surface area contributed by atoms with Gasteiger partial charge in [-0.1, -0.05) is 25.7 Å². The maximum Gasteiger partial charge on any atom is 0.309 e. The Balaban J connectivity index is 1.68. The molecule has 0 unspecified atom stereocenters. The number of carbonyl (C=O) groups excluding carboxylic acids is 2. The van der Waals surface area contributed by atoms with Gasteiger partial charge in [-0.2, -0.15) is 0 Å². The minimum absolute atomic E-state index is 0.115. The maximum atomic E-state index is 12.0. The number of hydrogen-bond acceptors (Lipinski definition) is 4. The first-order valence-corrected chi connectivity index (χ1v) is 10.7. The smallest absolute Gasteiger partial charge is 0.309 e. The van der Waals surface area contributed by atoms with E-state index in [1.165, 1.54) is 23.4 Å². The molecular weight excluding hydrogens is 330 g/mol. The van der Waals surface area contributed by atoms with Crippen molar-refractivity contribution in [2.75, 3.05) is 25.9 Å². The molecule has 138 valence electrons. The third-order valence-corrected chi connectivity index (χ3v) is 6.29. The van der Waals surface area contributed by atoms with Gasteiger partial charge >= 0.3 is 11.8 Å². The fraction of sp³-hybridized carbons (Fsp3) is 0.875. The van der Waals surface area contributed by atoms with E-state index in [4.69, 9.17) is 0 Å². The number of nitrogens with zero attached hydrogens (tertiary/aromatic N) is 1. The van der Waals surface area contributed by atoms with Crippen LogP contribution in [0.4, 0.5) is 0 Å². The molecule has 7 nitrogen and oxygen atoms in total. The molecule has 1 aliphatic heterocycles. The molecule has 0 radical (unpaired) electrons. The monoisotopic (exact) mass is 359 g/mol. The Labute approximate surface area is 144 Å². The van der Waals surface area contributed by atoms with Crippen LogP contribution in [0.3, 0.4) is 0 Å². The third-order valence-electron chi connectivity index (χ3n) is 4.99. The normalized spacial score (nSPS) is 21.9.